The SMILES string of the molecule is C[C@@H](NCC(=O)N[C@@H]1CCS(=O)(=O)C1)c1ccccc1F. The summed E-state index contributed by atoms with van der Waals surface area (Å²) in [5, 5.41) is 5.61. The number of nitrogens with one attached hydrogen (secondary N) is 2. The second kappa shape index (κ2) is 6.53. The summed E-state index contributed by atoms with van der Waals surface area (Å²) in [4.78, 5) is 11.8. The lowest BCUT2D eigenvalue weighted by Crippen LogP contribution is -2.41. The zero-order valence-corrected chi connectivity index (χ0v) is 12.6. The van der Waals surface area contributed by atoms with Crippen LogP contribution in [0.15, 0.2) is 24.3 Å². The summed E-state index contributed by atoms with van der Waals surface area (Å²) in [5.74, 6) is -0.474. The van der Waals surface area contributed by atoms with E-state index in [1.165, 1.54) is 6.07 Å². The van der Waals surface area contributed by atoms with Crippen LogP contribution in [0.3, 0.4) is 0 Å². The maximum atomic E-state index is 13.6. The molecule has 2 rings (SSSR count). The van der Waals surface area contributed by atoms with Crippen molar-refractivity contribution in [3.63, 3.8) is 0 Å². The first-order valence-electron chi connectivity index (χ1n) is 6.85. The second-order valence-corrected chi connectivity index (χ2v) is 7.52. The van der Waals surface area contributed by atoms with Gasteiger partial charge >= 0.3 is 0 Å². The van der Waals surface area contributed by atoms with Crippen molar-refractivity contribution >= 4 is 15.7 Å². The number of hydrogen-bond acceptors (Lipinski definition) is 4. The van der Waals surface area contributed by atoms with E-state index in [-0.39, 0.29) is 41.9 Å². The Labute approximate surface area is 123 Å². The predicted molar refractivity (Wildman–Crippen MR) is 78.0 cm³/mol. The van der Waals surface area contributed by atoms with E-state index in [2.05, 4.69) is 10.6 Å². The maximum Gasteiger partial charge on any atom is 0.234 e. The van der Waals surface area contributed by atoms with E-state index in [0.29, 0.717) is 12.0 Å². The summed E-state index contributed by atoms with van der Waals surface area (Å²) in [5.41, 5.74) is 0.494. The number of carbonyl (C=O) groups is 1. The van der Waals surface area contributed by atoms with E-state index in [9.17, 15) is 17.6 Å². The van der Waals surface area contributed by atoms with Crippen LogP contribution in [0.2, 0.25) is 0 Å². The van der Waals surface area contributed by atoms with E-state index in [1.807, 2.05) is 0 Å². The fourth-order valence-electron chi connectivity index (χ4n) is 2.37. The molecule has 1 aromatic rings. The van der Waals surface area contributed by atoms with Crippen molar-refractivity contribution in [3.8, 4) is 0 Å². The molecule has 0 aromatic heterocycles. The molecule has 0 radical (unpaired) electrons. The lowest BCUT2D eigenvalue weighted by molar-refractivity contribution is -0.120. The van der Waals surface area contributed by atoms with Gasteiger partial charge in [0.25, 0.3) is 0 Å². The van der Waals surface area contributed by atoms with Gasteiger partial charge in [-0.05, 0) is 19.4 Å². The molecule has 2 N–H and O–H groups in total. The molecule has 0 saturated carbocycles. The van der Waals surface area contributed by atoms with Crippen LogP contribution >= 0.6 is 0 Å². The van der Waals surface area contributed by atoms with Crippen LogP contribution in [0.25, 0.3) is 0 Å². The molecule has 0 bridgehead atoms. The minimum Gasteiger partial charge on any atom is -0.351 e. The quantitative estimate of drug-likeness (QED) is 0.842. The molecule has 0 spiro atoms. The van der Waals surface area contributed by atoms with Gasteiger partial charge in [0, 0.05) is 17.6 Å². The van der Waals surface area contributed by atoms with Gasteiger partial charge in [-0.2, -0.15) is 0 Å². The minimum atomic E-state index is -3.01. The number of hydrogen-bond donors (Lipinski definition) is 2. The molecule has 21 heavy (non-hydrogen) atoms. The van der Waals surface area contributed by atoms with E-state index < -0.39 is 9.84 Å². The lowest BCUT2D eigenvalue weighted by Gasteiger charge is -2.16. The van der Waals surface area contributed by atoms with E-state index >= 15 is 0 Å². The Morgan fingerprint density at radius 1 is 1.43 bits per heavy atom. The van der Waals surface area contributed by atoms with E-state index in [1.54, 1.807) is 25.1 Å². The standard InChI is InChI=1S/C14H19FN2O3S/c1-10(12-4-2-3-5-13(12)15)16-8-14(18)17-11-6-7-21(19,20)9-11/h2-5,10-11,16H,6-9H2,1H3,(H,17,18)/t10-,11-/m1/s1. The third-order valence-corrected chi connectivity index (χ3v) is 5.31. The third kappa shape index (κ3) is 4.50. The number of amides is 1. The first-order valence-corrected chi connectivity index (χ1v) is 8.67. The lowest BCUT2D eigenvalue weighted by atomic mass is 10.1. The molecule has 0 unspecified atom stereocenters. The molecule has 1 fully saturated rings. The molecule has 1 amide bonds. The topological polar surface area (TPSA) is 75.3 Å². The van der Waals surface area contributed by atoms with E-state index in [4.69, 9.17) is 0 Å². The van der Waals surface area contributed by atoms with Crippen molar-refractivity contribution in [2.75, 3.05) is 18.1 Å². The Kier molecular flexibility index (Phi) is 4.95. The van der Waals surface area contributed by atoms with Crippen LogP contribution in [-0.4, -0.2) is 38.4 Å². The highest BCUT2D eigenvalue weighted by molar-refractivity contribution is 7.91. The van der Waals surface area contributed by atoms with Crippen molar-refractivity contribution in [2.24, 2.45) is 0 Å². The van der Waals surface area contributed by atoms with Gasteiger partial charge in [-0.15, -0.1) is 0 Å². The minimum absolute atomic E-state index is 0.00159. The van der Waals surface area contributed by atoms with Gasteiger partial charge in [-0.3, -0.25) is 4.79 Å². The molecule has 5 nitrogen and oxygen atoms in total. The smallest absolute Gasteiger partial charge is 0.234 e. The molecular formula is C14H19FN2O3S. The molecule has 0 aliphatic carbocycles. The summed E-state index contributed by atoms with van der Waals surface area (Å²) in [6.45, 7) is 1.79. The molecule has 1 saturated heterocycles. The number of carbonyl (C=O) groups excluding carboxylic acids is 1. The molecule has 1 aliphatic heterocycles. The number of rotatable bonds is 5. The van der Waals surface area contributed by atoms with Crippen LogP contribution in [0.4, 0.5) is 4.39 Å². The maximum absolute atomic E-state index is 13.6. The monoisotopic (exact) mass is 314 g/mol. The van der Waals surface area contributed by atoms with Gasteiger partial charge in [0.15, 0.2) is 9.84 Å². The predicted octanol–water partition coefficient (Wildman–Crippen LogP) is 0.780. The number of halogens is 1. The van der Waals surface area contributed by atoms with Gasteiger partial charge in [0.2, 0.25) is 5.91 Å². The van der Waals surface area contributed by atoms with Crippen molar-refractivity contribution < 1.29 is 17.6 Å². The number of benzene rings is 1. The van der Waals surface area contributed by atoms with Gasteiger partial charge in [0.05, 0.1) is 18.1 Å². The summed E-state index contributed by atoms with van der Waals surface area (Å²) in [6.07, 6.45) is 0.455. The fourth-order valence-corrected chi connectivity index (χ4v) is 4.04. The van der Waals surface area contributed by atoms with E-state index in [0.717, 1.165) is 0 Å². The first kappa shape index (κ1) is 15.9. The molecule has 1 heterocycles. The van der Waals surface area contributed by atoms with Crippen molar-refractivity contribution in [1.29, 1.82) is 0 Å². The highest BCUT2D eigenvalue weighted by Crippen LogP contribution is 2.15. The zero-order chi connectivity index (χ0) is 15.5. The Morgan fingerprint density at radius 3 is 2.76 bits per heavy atom. The van der Waals surface area contributed by atoms with Gasteiger partial charge in [-0.1, -0.05) is 18.2 Å². The highest BCUT2D eigenvalue weighted by atomic mass is 32.2. The largest absolute Gasteiger partial charge is 0.351 e. The molecule has 1 aliphatic rings. The van der Waals surface area contributed by atoms with Crippen molar-refractivity contribution in [3.05, 3.63) is 35.6 Å². The van der Waals surface area contributed by atoms with Crippen molar-refractivity contribution in [1.82, 2.24) is 10.6 Å². The van der Waals surface area contributed by atoms with Crippen LogP contribution in [0, 0.1) is 5.82 Å². The Hall–Kier alpha value is -1.47. The molecule has 116 valence electrons. The summed E-state index contributed by atoms with van der Waals surface area (Å²) in [7, 11) is -3.01. The molecule has 7 heteroatoms. The molecule has 2 atom stereocenters. The fraction of sp³-hybridized carbons (Fsp3) is 0.500. The van der Waals surface area contributed by atoms with Crippen LogP contribution in [0.5, 0.6) is 0 Å². The summed E-state index contributed by atoms with van der Waals surface area (Å²) >= 11 is 0. The zero-order valence-electron chi connectivity index (χ0n) is 11.8. The van der Waals surface area contributed by atoms with Crippen LogP contribution < -0.4 is 10.6 Å². The number of sulfone groups is 1. The Morgan fingerprint density at radius 2 is 2.14 bits per heavy atom. The second-order valence-electron chi connectivity index (χ2n) is 5.29. The summed E-state index contributed by atoms with van der Waals surface area (Å²) < 4.78 is 36.2. The summed E-state index contributed by atoms with van der Waals surface area (Å²) in [6, 6.07) is 5.77. The van der Waals surface area contributed by atoms with Crippen molar-refractivity contribution in [2.45, 2.75) is 25.4 Å². The highest BCUT2D eigenvalue weighted by Gasteiger charge is 2.28. The molecule has 1 aromatic carbocycles. The Balaban J connectivity index is 1.80. The molecular weight excluding hydrogens is 295 g/mol. The average molecular weight is 314 g/mol. The van der Waals surface area contributed by atoms with Gasteiger partial charge in [0.1, 0.15) is 5.82 Å². The average Bonchev–Trinajstić information content (AvgIpc) is 2.75. The third-order valence-electron chi connectivity index (χ3n) is 3.54. The van der Waals surface area contributed by atoms with Crippen LogP contribution in [-0.2, 0) is 14.6 Å². The normalized spacial score (nSPS) is 21.9. The van der Waals surface area contributed by atoms with Gasteiger partial charge in [-0.25, -0.2) is 12.8 Å². The first-order chi connectivity index (χ1) is 9.87. The Bertz CT molecular complexity index is 618. The van der Waals surface area contributed by atoms with Crippen LogP contribution in [0.1, 0.15) is 24.9 Å². The van der Waals surface area contributed by atoms with Gasteiger partial charge < -0.3 is 10.6 Å².